The number of rotatable bonds is 6. The molecule has 1 rings (SSSR count). The van der Waals surface area contributed by atoms with Crippen LogP contribution in [0.15, 0.2) is 10.6 Å². The molecule has 0 aromatic carbocycles. The lowest BCUT2D eigenvalue weighted by atomic mass is 10.3. The summed E-state index contributed by atoms with van der Waals surface area (Å²) in [6, 6.07) is 0.606. The normalized spacial score (nSPS) is 13.3. The van der Waals surface area contributed by atoms with Gasteiger partial charge in [0.2, 0.25) is 5.91 Å². The second kappa shape index (κ2) is 5.94. The number of carbonyl (C=O) groups is 1. The molecular formula is C9H16N4O4S. The first-order valence-electron chi connectivity index (χ1n) is 5.35. The number of hydrogen-bond donors (Lipinski definition) is 3. The van der Waals surface area contributed by atoms with Gasteiger partial charge in [0.05, 0.1) is 6.04 Å². The predicted octanol–water partition coefficient (Wildman–Crippen LogP) is -0.246. The summed E-state index contributed by atoms with van der Waals surface area (Å²) in [7, 11) is -3.67. The molecule has 0 aliphatic carbocycles. The standard InChI is InChI=1S/C9H16N4O4S/c1-4-10-18(15,16)13-7(3)9(14)11-8-5-6(2)17-12-8/h5,7,10,13H,4H2,1-3H3,(H,11,12,14). The van der Waals surface area contributed by atoms with Crippen molar-refractivity contribution in [1.82, 2.24) is 14.6 Å². The van der Waals surface area contributed by atoms with E-state index in [0.717, 1.165) is 0 Å². The van der Waals surface area contributed by atoms with Gasteiger partial charge in [-0.05, 0) is 13.8 Å². The van der Waals surface area contributed by atoms with Crippen LogP contribution in [0.4, 0.5) is 5.82 Å². The van der Waals surface area contributed by atoms with Crippen LogP contribution in [-0.2, 0) is 15.0 Å². The summed E-state index contributed by atoms with van der Waals surface area (Å²) < 4.78 is 31.9. The second-order valence-electron chi connectivity index (χ2n) is 3.65. The monoisotopic (exact) mass is 276 g/mol. The first-order valence-corrected chi connectivity index (χ1v) is 6.83. The van der Waals surface area contributed by atoms with Gasteiger partial charge in [-0.1, -0.05) is 12.1 Å². The minimum Gasteiger partial charge on any atom is -0.360 e. The Balaban J connectivity index is 2.57. The van der Waals surface area contributed by atoms with Gasteiger partial charge in [0, 0.05) is 12.6 Å². The topological polar surface area (TPSA) is 113 Å². The molecule has 3 N–H and O–H groups in total. The Kier molecular flexibility index (Phi) is 4.82. The predicted molar refractivity (Wildman–Crippen MR) is 65.1 cm³/mol. The number of carbonyl (C=O) groups excluding carboxylic acids is 1. The zero-order valence-corrected chi connectivity index (χ0v) is 11.2. The van der Waals surface area contributed by atoms with Gasteiger partial charge in [-0.2, -0.15) is 13.1 Å². The third-order valence-corrected chi connectivity index (χ3v) is 3.27. The van der Waals surface area contributed by atoms with Crippen LogP contribution in [0.25, 0.3) is 0 Å². The molecule has 0 aliphatic rings. The Morgan fingerprint density at radius 1 is 1.56 bits per heavy atom. The van der Waals surface area contributed by atoms with Crippen LogP contribution in [0.5, 0.6) is 0 Å². The molecule has 18 heavy (non-hydrogen) atoms. The molecule has 1 atom stereocenters. The first-order chi connectivity index (χ1) is 8.34. The van der Waals surface area contributed by atoms with E-state index in [0.29, 0.717) is 5.76 Å². The summed E-state index contributed by atoms with van der Waals surface area (Å²) in [5, 5.41) is 6.00. The molecule has 1 amide bonds. The van der Waals surface area contributed by atoms with E-state index in [9.17, 15) is 13.2 Å². The van der Waals surface area contributed by atoms with Crippen molar-refractivity contribution in [3.63, 3.8) is 0 Å². The highest BCUT2D eigenvalue weighted by Crippen LogP contribution is 2.07. The number of nitrogens with zero attached hydrogens (tertiary/aromatic N) is 1. The van der Waals surface area contributed by atoms with E-state index in [-0.39, 0.29) is 12.4 Å². The molecule has 8 nitrogen and oxygen atoms in total. The third kappa shape index (κ3) is 4.43. The zero-order chi connectivity index (χ0) is 13.8. The number of amides is 1. The van der Waals surface area contributed by atoms with Gasteiger partial charge in [0.15, 0.2) is 5.82 Å². The summed E-state index contributed by atoms with van der Waals surface area (Å²) in [6.45, 7) is 4.99. The molecular weight excluding hydrogens is 260 g/mol. The number of nitrogens with one attached hydrogen (secondary N) is 3. The van der Waals surface area contributed by atoms with Crippen molar-refractivity contribution in [2.45, 2.75) is 26.8 Å². The van der Waals surface area contributed by atoms with E-state index < -0.39 is 22.2 Å². The summed E-state index contributed by atoms with van der Waals surface area (Å²) >= 11 is 0. The van der Waals surface area contributed by atoms with Crippen molar-refractivity contribution in [2.24, 2.45) is 0 Å². The fourth-order valence-corrected chi connectivity index (χ4v) is 2.21. The molecule has 1 aromatic heterocycles. The maximum atomic E-state index is 11.7. The average Bonchev–Trinajstić information content (AvgIpc) is 2.62. The van der Waals surface area contributed by atoms with E-state index in [1.54, 1.807) is 13.8 Å². The lowest BCUT2D eigenvalue weighted by molar-refractivity contribution is -0.117. The number of anilines is 1. The highest BCUT2D eigenvalue weighted by Gasteiger charge is 2.20. The zero-order valence-electron chi connectivity index (χ0n) is 10.4. The fraction of sp³-hybridized carbons (Fsp3) is 0.556. The van der Waals surface area contributed by atoms with E-state index >= 15 is 0 Å². The first kappa shape index (κ1) is 14.6. The molecule has 0 bridgehead atoms. The van der Waals surface area contributed by atoms with Crippen molar-refractivity contribution >= 4 is 21.9 Å². The highest BCUT2D eigenvalue weighted by molar-refractivity contribution is 7.87. The Bertz CT molecular complexity index is 510. The van der Waals surface area contributed by atoms with Crippen LogP contribution in [-0.4, -0.2) is 32.1 Å². The maximum absolute atomic E-state index is 11.7. The van der Waals surface area contributed by atoms with Crippen molar-refractivity contribution in [1.29, 1.82) is 0 Å². The summed E-state index contributed by atoms with van der Waals surface area (Å²) in [6.07, 6.45) is 0. The van der Waals surface area contributed by atoms with Crippen LogP contribution < -0.4 is 14.8 Å². The van der Waals surface area contributed by atoms with E-state index in [1.165, 1.54) is 13.0 Å². The highest BCUT2D eigenvalue weighted by atomic mass is 32.2. The average molecular weight is 276 g/mol. The summed E-state index contributed by atoms with van der Waals surface area (Å²) in [5.74, 6) is 0.267. The molecule has 102 valence electrons. The van der Waals surface area contributed by atoms with Gasteiger partial charge in [-0.3, -0.25) is 4.79 Å². The summed E-state index contributed by atoms with van der Waals surface area (Å²) in [4.78, 5) is 11.7. The fourth-order valence-electron chi connectivity index (χ4n) is 1.18. The number of aryl methyl sites for hydroxylation is 1. The van der Waals surface area contributed by atoms with Crippen molar-refractivity contribution in [3.05, 3.63) is 11.8 Å². The van der Waals surface area contributed by atoms with Gasteiger partial charge in [0.25, 0.3) is 10.2 Å². The Labute approximate surface area is 105 Å². The van der Waals surface area contributed by atoms with Gasteiger partial charge in [-0.25, -0.2) is 4.72 Å². The molecule has 1 heterocycles. The lowest BCUT2D eigenvalue weighted by Crippen LogP contribution is -2.46. The Hall–Kier alpha value is -1.45. The van der Waals surface area contributed by atoms with E-state index in [2.05, 4.69) is 19.9 Å². The van der Waals surface area contributed by atoms with Crippen molar-refractivity contribution in [2.75, 3.05) is 11.9 Å². The molecule has 0 spiro atoms. The van der Waals surface area contributed by atoms with Crippen molar-refractivity contribution in [3.8, 4) is 0 Å². The van der Waals surface area contributed by atoms with Gasteiger partial charge in [-0.15, -0.1) is 0 Å². The Morgan fingerprint density at radius 2 is 2.22 bits per heavy atom. The molecule has 0 saturated carbocycles. The molecule has 0 fully saturated rings. The molecule has 0 radical (unpaired) electrons. The van der Waals surface area contributed by atoms with Crippen LogP contribution >= 0.6 is 0 Å². The van der Waals surface area contributed by atoms with E-state index in [4.69, 9.17) is 4.52 Å². The molecule has 1 aromatic rings. The molecule has 9 heteroatoms. The molecule has 0 aliphatic heterocycles. The van der Waals surface area contributed by atoms with Crippen LogP contribution in [0, 0.1) is 6.92 Å². The van der Waals surface area contributed by atoms with Crippen molar-refractivity contribution < 1.29 is 17.7 Å². The van der Waals surface area contributed by atoms with Crippen LogP contribution in [0.2, 0.25) is 0 Å². The number of aromatic nitrogens is 1. The minimum atomic E-state index is -3.67. The SMILES string of the molecule is CCNS(=O)(=O)NC(C)C(=O)Nc1cc(C)on1. The molecule has 1 unspecified atom stereocenters. The second-order valence-corrected chi connectivity index (χ2v) is 5.18. The Morgan fingerprint density at radius 3 is 2.72 bits per heavy atom. The third-order valence-electron chi connectivity index (χ3n) is 1.94. The number of hydrogen-bond acceptors (Lipinski definition) is 5. The quantitative estimate of drug-likeness (QED) is 0.663. The van der Waals surface area contributed by atoms with E-state index in [1.807, 2.05) is 0 Å². The van der Waals surface area contributed by atoms with Gasteiger partial charge >= 0.3 is 0 Å². The van der Waals surface area contributed by atoms with Gasteiger partial charge < -0.3 is 9.84 Å². The summed E-state index contributed by atoms with van der Waals surface area (Å²) in [5.41, 5.74) is 0. The largest absolute Gasteiger partial charge is 0.360 e. The maximum Gasteiger partial charge on any atom is 0.277 e. The lowest BCUT2D eigenvalue weighted by Gasteiger charge is -2.13. The molecule has 0 saturated heterocycles. The minimum absolute atomic E-state index is 0.242. The van der Waals surface area contributed by atoms with Gasteiger partial charge in [0.1, 0.15) is 5.76 Å². The van der Waals surface area contributed by atoms with Crippen LogP contribution in [0.1, 0.15) is 19.6 Å². The smallest absolute Gasteiger partial charge is 0.277 e. The van der Waals surface area contributed by atoms with Crippen LogP contribution in [0.3, 0.4) is 0 Å².